The molecule has 0 radical (unpaired) electrons. The topological polar surface area (TPSA) is 86.7 Å². The molecule has 8 heteroatoms. The molecule has 1 amide bonds. The van der Waals surface area contributed by atoms with Crippen LogP contribution in [0.5, 0.6) is 0 Å². The molecule has 0 bridgehead atoms. The Morgan fingerprint density at radius 1 is 1.33 bits per heavy atom. The number of amides is 1. The Balaban J connectivity index is 0.000000270. The molecule has 1 fully saturated rings. The van der Waals surface area contributed by atoms with Gasteiger partial charge in [-0.3, -0.25) is 9.36 Å². The number of halogens is 2. The van der Waals surface area contributed by atoms with E-state index in [1.807, 2.05) is 0 Å². The molecule has 0 atom stereocenters. The number of aromatic nitrogens is 4. The summed E-state index contributed by atoms with van der Waals surface area (Å²) in [6.07, 6.45) is 7.46. The highest BCUT2D eigenvalue weighted by atomic mass is 19.3. The van der Waals surface area contributed by atoms with E-state index in [1.165, 1.54) is 0 Å². The summed E-state index contributed by atoms with van der Waals surface area (Å²) in [6, 6.07) is 1.54. The van der Waals surface area contributed by atoms with Crippen molar-refractivity contribution < 1.29 is 15.0 Å². The van der Waals surface area contributed by atoms with Gasteiger partial charge in [-0.1, -0.05) is 19.3 Å². The van der Waals surface area contributed by atoms with Gasteiger partial charge in [-0.2, -0.15) is 0 Å². The second-order valence-electron chi connectivity index (χ2n) is 5.76. The largest absolute Gasteiger partial charge is 0.364 e. The van der Waals surface area contributed by atoms with Crippen LogP contribution < -0.4 is 5.73 Å². The first-order valence-electron chi connectivity index (χ1n) is 7.89. The number of imidazole rings is 1. The van der Waals surface area contributed by atoms with Gasteiger partial charge in [0.2, 0.25) is 12.4 Å². The number of aryl methyl sites for hydroxylation is 1. The van der Waals surface area contributed by atoms with E-state index in [2.05, 4.69) is 15.0 Å². The molecule has 2 aromatic heterocycles. The average molecular weight is 339 g/mol. The lowest BCUT2D eigenvalue weighted by Crippen LogP contribution is -2.15. The van der Waals surface area contributed by atoms with E-state index in [4.69, 9.17) is 5.73 Å². The predicted molar refractivity (Wildman–Crippen MR) is 87.1 cm³/mol. The fraction of sp³-hybridized carbons (Fsp3) is 0.500. The third-order valence-electron chi connectivity index (χ3n) is 3.84. The maximum absolute atomic E-state index is 11.9. The number of primary amides is 1. The highest BCUT2D eigenvalue weighted by molar-refractivity contribution is 5.90. The zero-order valence-electron chi connectivity index (χ0n) is 13.5. The third-order valence-corrected chi connectivity index (χ3v) is 3.84. The van der Waals surface area contributed by atoms with Gasteiger partial charge in [-0.05, 0) is 25.8 Å². The van der Waals surface area contributed by atoms with Gasteiger partial charge in [0.15, 0.2) is 0 Å². The summed E-state index contributed by atoms with van der Waals surface area (Å²) in [5.74, 6) is -0.457. The normalized spacial score (nSPS) is 15.0. The molecule has 0 aromatic carbocycles. The van der Waals surface area contributed by atoms with Gasteiger partial charge in [-0.15, -0.1) is 0 Å². The molecule has 6 nitrogen and oxygen atoms in total. The molecule has 0 spiro atoms. The molecule has 1 aliphatic rings. The highest BCUT2D eigenvalue weighted by Crippen LogP contribution is 2.28. The van der Waals surface area contributed by atoms with Crippen molar-refractivity contribution in [2.24, 2.45) is 11.7 Å². The van der Waals surface area contributed by atoms with Crippen LogP contribution in [0.25, 0.3) is 5.95 Å². The van der Waals surface area contributed by atoms with Crippen LogP contribution in [0.2, 0.25) is 0 Å². The van der Waals surface area contributed by atoms with E-state index in [0.717, 1.165) is 32.1 Å². The Kier molecular flexibility index (Phi) is 6.34. The average Bonchev–Trinajstić information content (AvgIpc) is 3.10. The molecule has 0 unspecified atom stereocenters. The van der Waals surface area contributed by atoms with Crippen molar-refractivity contribution in [2.75, 3.05) is 0 Å². The molecule has 3 rings (SSSR count). The molecule has 24 heavy (non-hydrogen) atoms. The van der Waals surface area contributed by atoms with Crippen LogP contribution in [0.3, 0.4) is 0 Å². The highest BCUT2D eigenvalue weighted by Gasteiger charge is 2.21. The number of rotatable bonds is 3. The fourth-order valence-electron chi connectivity index (χ4n) is 2.56. The summed E-state index contributed by atoms with van der Waals surface area (Å²) in [6.45, 7) is 1.77. The van der Waals surface area contributed by atoms with E-state index >= 15 is 0 Å². The SMILES string of the molecule is Cc1cc(C(N)=O)nc(-n2ccnc2)n1.FC(F)C1CCCCC1.[HH]. The summed E-state index contributed by atoms with van der Waals surface area (Å²) in [5.41, 5.74) is 6.03. The van der Waals surface area contributed by atoms with Gasteiger partial charge in [0.05, 0.1) is 0 Å². The summed E-state index contributed by atoms with van der Waals surface area (Å²) in [5, 5.41) is 0. The Morgan fingerprint density at radius 2 is 2.04 bits per heavy atom. The van der Waals surface area contributed by atoms with Gasteiger partial charge >= 0.3 is 0 Å². The first kappa shape index (κ1) is 18.0. The third kappa shape index (κ3) is 5.07. The lowest BCUT2D eigenvalue weighted by molar-refractivity contribution is 0.0562. The first-order valence-corrected chi connectivity index (χ1v) is 7.89. The Bertz CT molecular complexity index is 661. The molecular weight excluding hydrogens is 316 g/mol. The molecule has 0 aliphatic heterocycles. The minimum atomic E-state index is -2.06. The molecule has 2 N–H and O–H groups in total. The van der Waals surface area contributed by atoms with Crippen LogP contribution >= 0.6 is 0 Å². The van der Waals surface area contributed by atoms with E-state index in [1.54, 1.807) is 36.3 Å². The number of carbonyl (C=O) groups excluding carboxylic acids is 1. The van der Waals surface area contributed by atoms with Crippen molar-refractivity contribution in [3.05, 3.63) is 36.2 Å². The summed E-state index contributed by atoms with van der Waals surface area (Å²) >= 11 is 0. The second kappa shape index (κ2) is 8.47. The molecule has 132 valence electrons. The van der Waals surface area contributed by atoms with Crippen molar-refractivity contribution in [1.82, 2.24) is 19.5 Å². The van der Waals surface area contributed by atoms with Crippen molar-refractivity contribution in [3.8, 4) is 5.95 Å². The van der Waals surface area contributed by atoms with Crippen molar-refractivity contribution in [1.29, 1.82) is 0 Å². The lowest BCUT2D eigenvalue weighted by Gasteiger charge is -2.19. The number of hydrogen-bond donors (Lipinski definition) is 1. The predicted octanol–water partition coefficient (Wildman–Crippen LogP) is 3.15. The lowest BCUT2D eigenvalue weighted by atomic mass is 9.90. The molecule has 1 saturated carbocycles. The van der Waals surface area contributed by atoms with Crippen LogP contribution in [0.1, 0.15) is 49.7 Å². The number of hydrogen-bond acceptors (Lipinski definition) is 4. The molecular formula is C16H23F2N5O. The van der Waals surface area contributed by atoms with Crippen LogP contribution in [0.4, 0.5) is 8.78 Å². The van der Waals surface area contributed by atoms with Crippen molar-refractivity contribution in [3.63, 3.8) is 0 Å². The number of nitrogens with two attached hydrogens (primary N) is 1. The summed E-state index contributed by atoms with van der Waals surface area (Å²) in [4.78, 5) is 23.0. The fourth-order valence-corrected chi connectivity index (χ4v) is 2.56. The maximum Gasteiger partial charge on any atom is 0.267 e. The Hall–Kier alpha value is -2.38. The van der Waals surface area contributed by atoms with Crippen LogP contribution in [0.15, 0.2) is 24.8 Å². The standard InChI is InChI=1S/C9H9N5O.C7H12F2.H2/c1-6-4-7(8(10)15)13-9(12-6)14-3-2-11-5-14;8-7(9)6-4-2-1-3-5-6;/h2-5H,1H3,(H2,10,15);6-7H,1-5H2;1H. The van der Waals surface area contributed by atoms with E-state index < -0.39 is 12.3 Å². The molecule has 2 aromatic rings. The Morgan fingerprint density at radius 3 is 2.54 bits per heavy atom. The zero-order chi connectivity index (χ0) is 17.5. The van der Waals surface area contributed by atoms with Crippen LogP contribution in [-0.4, -0.2) is 31.9 Å². The minimum absolute atomic E-state index is 0. The minimum Gasteiger partial charge on any atom is -0.364 e. The van der Waals surface area contributed by atoms with Gasteiger partial charge in [0.25, 0.3) is 5.91 Å². The molecule has 0 saturated heterocycles. The number of carbonyl (C=O) groups is 1. The molecule has 1 aliphatic carbocycles. The summed E-state index contributed by atoms with van der Waals surface area (Å²) in [7, 11) is 0. The maximum atomic E-state index is 11.9. The van der Waals surface area contributed by atoms with Gasteiger partial charge in [0.1, 0.15) is 12.0 Å². The van der Waals surface area contributed by atoms with Gasteiger partial charge in [0, 0.05) is 25.4 Å². The van der Waals surface area contributed by atoms with Gasteiger partial charge < -0.3 is 5.73 Å². The van der Waals surface area contributed by atoms with Crippen LogP contribution in [-0.2, 0) is 0 Å². The smallest absolute Gasteiger partial charge is 0.267 e. The summed E-state index contributed by atoms with van der Waals surface area (Å²) < 4.78 is 25.5. The number of alkyl halides is 2. The van der Waals surface area contributed by atoms with E-state index in [-0.39, 0.29) is 13.0 Å². The first-order chi connectivity index (χ1) is 11.5. The Labute approximate surface area is 140 Å². The quantitative estimate of drug-likeness (QED) is 0.930. The monoisotopic (exact) mass is 339 g/mol. The number of nitrogens with zero attached hydrogens (tertiary/aromatic N) is 4. The van der Waals surface area contributed by atoms with Gasteiger partial charge in [-0.25, -0.2) is 23.7 Å². The van der Waals surface area contributed by atoms with E-state index in [0.29, 0.717) is 11.6 Å². The van der Waals surface area contributed by atoms with E-state index in [9.17, 15) is 13.6 Å². The zero-order valence-corrected chi connectivity index (χ0v) is 13.5. The molecule has 2 heterocycles. The van der Waals surface area contributed by atoms with Crippen molar-refractivity contribution in [2.45, 2.75) is 45.5 Å². The van der Waals surface area contributed by atoms with Crippen molar-refractivity contribution >= 4 is 5.91 Å². The van der Waals surface area contributed by atoms with Crippen LogP contribution in [0, 0.1) is 12.8 Å². The second-order valence-corrected chi connectivity index (χ2v) is 5.76.